The maximum Gasteiger partial charge on any atom is 0.338 e. The van der Waals surface area contributed by atoms with E-state index in [1.54, 1.807) is 84.9 Å². The predicted octanol–water partition coefficient (Wildman–Crippen LogP) is 9.06. The summed E-state index contributed by atoms with van der Waals surface area (Å²) in [5, 5.41) is 0. The largest absolute Gasteiger partial charge is 0.459 e. The van der Waals surface area contributed by atoms with Crippen LogP contribution in [0.3, 0.4) is 0 Å². The van der Waals surface area contributed by atoms with Crippen LogP contribution in [0.25, 0.3) is 0 Å². The van der Waals surface area contributed by atoms with E-state index in [0.29, 0.717) is 0 Å². The Balaban J connectivity index is 1.03. The molecule has 0 aromatic heterocycles. The van der Waals surface area contributed by atoms with Gasteiger partial charge in [0.25, 0.3) is 0 Å². The summed E-state index contributed by atoms with van der Waals surface area (Å²) in [6.07, 6.45) is -30.2. The molecule has 1 unspecified atom stereocenters. The smallest absolute Gasteiger partial charge is 0.338 e. The summed E-state index contributed by atoms with van der Waals surface area (Å²) in [6, 6.07) is 60.3. The zero-order valence-corrected chi connectivity index (χ0v) is 57.4. The second kappa shape index (κ2) is 36.4. The highest BCUT2D eigenvalue weighted by Gasteiger charge is 2.60. The standard InChI is InChI=1S/C80H70O27/c1-47(81)95-61-60(46-94-78-67(105-76(90)56-40-24-10-25-41-56)64(103-74(88)54-36-20-8-21-37-54)62(101-72(86)52-32-16-6-17-33-52)58(98-78)44-92-70(84)50-28-12-4-13-29-50)99-79(97-49(3)83)68(96-48(2)82)66(61)107-80-69(106-77(91)57-42-26-11-27-43-57)65(104-75(89)55-38-22-9-23-39-55)63(102-73(87)53-34-18-7-19-35-53)59(100-80)45-93-71(85)51-30-14-5-15-31-51/h4-43,58-69,78-80H,44-46H2,1-3H3/t58-,59-,60-,61-,62-,63-,64+,65+,66+,67+,68-,69+,78+,79?,80-/m1/s1. The minimum absolute atomic E-state index is 0.00894. The van der Waals surface area contributed by atoms with Gasteiger partial charge >= 0.3 is 65.7 Å². The molecule has 0 N–H and O–H groups in total. The number of rotatable bonds is 26. The molecule has 3 heterocycles. The van der Waals surface area contributed by atoms with Gasteiger partial charge in [-0.3, -0.25) is 14.4 Å². The minimum Gasteiger partial charge on any atom is -0.459 e. The fourth-order valence-electron chi connectivity index (χ4n) is 11.7. The van der Waals surface area contributed by atoms with E-state index in [9.17, 15) is 52.7 Å². The second-order valence-electron chi connectivity index (χ2n) is 24.2. The van der Waals surface area contributed by atoms with Crippen molar-refractivity contribution in [1.82, 2.24) is 0 Å². The Hall–Kier alpha value is -12.3. The van der Waals surface area contributed by atoms with Crippen LogP contribution in [-0.4, -0.2) is 178 Å². The Morgan fingerprint density at radius 2 is 0.458 bits per heavy atom. The van der Waals surface area contributed by atoms with E-state index in [1.807, 2.05) is 0 Å². The topological polar surface area (TPSA) is 335 Å². The van der Waals surface area contributed by atoms with E-state index in [2.05, 4.69) is 0 Å². The summed E-state index contributed by atoms with van der Waals surface area (Å²) in [5.74, 6) is -11.5. The van der Waals surface area contributed by atoms with Crippen LogP contribution in [0.15, 0.2) is 243 Å². The Morgan fingerprint density at radius 1 is 0.234 bits per heavy atom. The van der Waals surface area contributed by atoms with Crippen molar-refractivity contribution >= 4 is 65.7 Å². The lowest BCUT2D eigenvalue weighted by atomic mass is 9.95. The van der Waals surface area contributed by atoms with Gasteiger partial charge in [0.1, 0.15) is 37.6 Å². The molecule has 0 radical (unpaired) electrons. The molecule has 8 aromatic rings. The van der Waals surface area contributed by atoms with Gasteiger partial charge in [0.15, 0.2) is 61.4 Å². The van der Waals surface area contributed by atoms with Gasteiger partial charge in [0.2, 0.25) is 6.29 Å². The van der Waals surface area contributed by atoms with Crippen LogP contribution in [0, 0.1) is 0 Å². The summed E-state index contributed by atoms with van der Waals surface area (Å²) in [4.78, 5) is 156. The Morgan fingerprint density at radius 3 is 0.766 bits per heavy atom. The number of hydrogen-bond acceptors (Lipinski definition) is 27. The molecule has 3 aliphatic rings. The van der Waals surface area contributed by atoms with Crippen LogP contribution in [0.2, 0.25) is 0 Å². The molecule has 3 saturated heterocycles. The van der Waals surface area contributed by atoms with Crippen molar-refractivity contribution in [3.05, 3.63) is 287 Å². The van der Waals surface area contributed by atoms with Crippen LogP contribution >= 0.6 is 0 Å². The molecule has 11 rings (SSSR count). The lowest BCUT2D eigenvalue weighted by molar-refractivity contribution is -0.361. The molecule has 0 amide bonds. The molecule has 107 heavy (non-hydrogen) atoms. The lowest BCUT2D eigenvalue weighted by Crippen LogP contribution is -2.68. The van der Waals surface area contributed by atoms with Gasteiger partial charge in [-0.25, -0.2) is 38.4 Å². The predicted molar refractivity (Wildman–Crippen MR) is 367 cm³/mol. The number of carbonyl (C=O) groups excluding carboxylic acids is 11. The zero-order valence-electron chi connectivity index (χ0n) is 57.4. The van der Waals surface area contributed by atoms with Crippen molar-refractivity contribution in [2.75, 3.05) is 19.8 Å². The first-order valence-electron chi connectivity index (χ1n) is 33.6. The minimum atomic E-state index is -2.26. The van der Waals surface area contributed by atoms with Gasteiger partial charge in [-0.15, -0.1) is 0 Å². The van der Waals surface area contributed by atoms with Crippen molar-refractivity contribution in [1.29, 1.82) is 0 Å². The molecule has 8 aromatic carbocycles. The first-order valence-corrected chi connectivity index (χ1v) is 33.6. The van der Waals surface area contributed by atoms with Crippen molar-refractivity contribution < 1.29 is 129 Å². The van der Waals surface area contributed by atoms with Crippen LogP contribution in [0.5, 0.6) is 0 Å². The number of hydrogen-bond donors (Lipinski definition) is 0. The molecule has 0 spiro atoms. The summed E-state index contributed by atoms with van der Waals surface area (Å²) in [6.45, 7) is 0.217. The maximum absolute atomic E-state index is 14.8. The molecule has 552 valence electrons. The average Bonchev–Trinajstić information content (AvgIpc) is 0.780. The first-order chi connectivity index (χ1) is 51.8. The highest BCUT2D eigenvalue weighted by Crippen LogP contribution is 2.39. The van der Waals surface area contributed by atoms with E-state index < -0.39 is 178 Å². The quantitative estimate of drug-likeness (QED) is 0.0360. The lowest BCUT2D eigenvalue weighted by Gasteiger charge is -2.49. The summed E-state index contributed by atoms with van der Waals surface area (Å²) >= 11 is 0. The zero-order chi connectivity index (χ0) is 75.3. The maximum atomic E-state index is 14.8. The van der Waals surface area contributed by atoms with Crippen molar-refractivity contribution in [3.63, 3.8) is 0 Å². The molecule has 3 aliphatic heterocycles. The summed E-state index contributed by atoms with van der Waals surface area (Å²) < 4.78 is 100. The van der Waals surface area contributed by atoms with Crippen molar-refractivity contribution in [2.24, 2.45) is 0 Å². The SMILES string of the molecule is CC(=O)OC1O[C@H](CO[C@H]2O[C@H](COC(=O)c3ccccc3)[C@@H](OC(=O)c3ccccc3)[C@H](OC(=O)c3ccccc3)[C@@H]2OC(=O)c2ccccc2)[C@@H](OC(C)=O)[C@H](O[C@H]2O[C@H](COC(=O)c3ccccc3)[C@@H](OC(=O)c3ccccc3)[C@H](OC(=O)c3ccccc3)[C@@H]2OC(=O)c2ccccc2)[C@H]1OC(C)=O. The molecule has 0 aliphatic carbocycles. The Labute approximate surface area is 611 Å². The third-order valence-electron chi connectivity index (χ3n) is 16.7. The van der Waals surface area contributed by atoms with Gasteiger partial charge in [-0.2, -0.15) is 0 Å². The number of esters is 11. The summed E-state index contributed by atoms with van der Waals surface area (Å²) in [7, 11) is 0. The molecule has 15 atom stereocenters. The fourth-order valence-corrected chi connectivity index (χ4v) is 11.7. The van der Waals surface area contributed by atoms with Gasteiger partial charge < -0.3 is 75.8 Å². The van der Waals surface area contributed by atoms with E-state index in [4.69, 9.17) is 75.8 Å². The van der Waals surface area contributed by atoms with Crippen LogP contribution in [-0.2, 0) is 90.2 Å². The van der Waals surface area contributed by atoms with Crippen molar-refractivity contribution in [3.8, 4) is 0 Å². The van der Waals surface area contributed by atoms with Crippen LogP contribution in [0.4, 0.5) is 0 Å². The van der Waals surface area contributed by atoms with E-state index in [-0.39, 0.29) is 44.5 Å². The Kier molecular flexibility index (Phi) is 25.8. The van der Waals surface area contributed by atoms with Gasteiger partial charge in [-0.1, -0.05) is 146 Å². The third-order valence-corrected chi connectivity index (χ3v) is 16.7. The van der Waals surface area contributed by atoms with Crippen LogP contribution in [0.1, 0.15) is 104 Å². The number of benzene rings is 8. The highest BCUT2D eigenvalue weighted by molar-refractivity contribution is 5.94. The molecular formula is C80H70O27. The van der Waals surface area contributed by atoms with Gasteiger partial charge in [0.05, 0.1) is 51.1 Å². The third kappa shape index (κ3) is 20.0. The van der Waals surface area contributed by atoms with E-state index in [0.717, 1.165) is 20.8 Å². The summed E-state index contributed by atoms with van der Waals surface area (Å²) in [5.41, 5.74) is -0.201. The number of carbonyl (C=O) groups is 11. The molecular weight excluding hydrogens is 1390 g/mol. The van der Waals surface area contributed by atoms with Crippen molar-refractivity contribution in [2.45, 2.75) is 113 Å². The van der Waals surface area contributed by atoms with Gasteiger partial charge in [-0.05, 0) is 97.1 Å². The molecule has 0 bridgehead atoms. The van der Waals surface area contributed by atoms with Crippen LogP contribution < -0.4 is 0 Å². The molecule has 3 fully saturated rings. The first kappa shape index (κ1) is 75.9. The molecule has 27 heteroatoms. The molecule has 27 nitrogen and oxygen atoms in total. The highest BCUT2D eigenvalue weighted by atomic mass is 16.8. The second-order valence-corrected chi connectivity index (χ2v) is 24.2. The number of ether oxygens (including phenoxy) is 16. The normalized spacial score (nSPS) is 23.7. The average molecular weight is 1460 g/mol. The fraction of sp³-hybridized carbons (Fsp3) is 0.263. The van der Waals surface area contributed by atoms with Gasteiger partial charge in [0, 0.05) is 20.8 Å². The Bertz CT molecular complexity index is 4370. The van der Waals surface area contributed by atoms with E-state index >= 15 is 0 Å². The monoisotopic (exact) mass is 1460 g/mol. The van der Waals surface area contributed by atoms with E-state index in [1.165, 1.54) is 158 Å². The molecule has 0 saturated carbocycles.